The average molecular weight is 347 g/mol. The molecule has 25 heavy (non-hydrogen) atoms. The van der Waals surface area contributed by atoms with Crippen LogP contribution in [-0.2, 0) is 9.53 Å². The Morgan fingerprint density at radius 1 is 1.28 bits per heavy atom. The maximum Gasteiger partial charge on any atom is 0.340 e. The minimum absolute atomic E-state index is 0.00216. The summed E-state index contributed by atoms with van der Waals surface area (Å²) in [6.45, 7) is 1.34. The number of nitrogens with zero attached hydrogens (tertiary/aromatic N) is 2. The topological polar surface area (TPSA) is 123 Å². The van der Waals surface area contributed by atoms with Crippen LogP contribution in [-0.4, -0.2) is 59.9 Å². The molecule has 0 aliphatic heterocycles. The molecule has 0 saturated carbocycles. The van der Waals surface area contributed by atoms with Gasteiger partial charge in [0.25, 0.3) is 5.91 Å². The first kappa shape index (κ1) is 20.2. The lowest BCUT2D eigenvalue weighted by Gasteiger charge is -2.20. The van der Waals surface area contributed by atoms with Crippen LogP contribution in [0.25, 0.3) is 0 Å². The number of ether oxygens (including phenoxy) is 1. The third-order valence-corrected chi connectivity index (χ3v) is 3.17. The Balaban J connectivity index is 3.00. The largest absolute Gasteiger partial charge is 0.462 e. The number of carbonyl (C=O) groups excluding carboxylic acids is 2. The van der Waals surface area contributed by atoms with Crippen molar-refractivity contribution < 1.29 is 24.5 Å². The second-order valence-corrected chi connectivity index (χ2v) is 4.82. The SMILES string of the molecule is CCOC(=O)c1ccccc1N/C=C(/C#N)C(=O)N(CCO)CCO. The molecule has 0 aromatic heterocycles. The average Bonchev–Trinajstić information content (AvgIpc) is 2.62. The molecule has 1 amide bonds. The number of para-hydroxylation sites is 1. The predicted octanol–water partition coefficient (Wildman–Crippen LogP) is 0.496. The van der Waals surface area contributed by atoms with Gasteiger partial charge < -0.3 is 25.2 Å². The van der Waals surface area contributed by atoms with Gasteiger partial charge in [-0.25, -0.2) is 4.79 Å². The number of hydrogen-bond acceptors (Lipinski definition) is 7. The summed E-state index contributed by atoms with van der Waals surface area (Å²) >= 11 is 0. The molecular formula is C17H21N3O5. The zero-order valence-corrected chi connectivity index (χ0v) is 13.9. The fraction of sp³-hybridized carbons (Fsp3) is 0.353. The first-order valence-corrected chi connectivity index (χ1v) is 7.72. The molecule has 134 valence electrons. The van der Waals surface area contributed by atoms with Gasteiger partial charge in [-0.05, 0) is 19.1 Å². The number of carbonyl (C=O) groups is 2. The highest BCUT2D eigenvalue weighted by molar-refractivity contribution is 5.99. The Bertz CT molecular complexity index is 660. The van der Waals surface area contributed by atoms with E-state index in [1.165, 1.54) is 6.20 Å². The number of nitriles is 1. The Labute approximate surface area is 145 Å². The standard InChI is InChI=1S/C17H21N3O5/c1-2-25-17(24)14-5-3-4-6-15(14)19-12-13(11-18)16(23)20(7-9-21)8-10-22/h3-6,12,19,21-22H,2,7-10H2,1H3/b13-12-. The molecule has 1 aromatic carbocycles. The van der Waals surface area contributed by atoms with Crippen molar-refractivity contribution in [1.82, 2.24) is 4.90 Å². The molecule has 0 radical (unpaired) electrons. The third kappa shape index (κ3) is 5.91. The number of amides is 1. The van der Waals surface area contributed by atoms with E-state index in [2.05, 4.69) is 5.32 Å². The van der Waals surface area contributed by atoms with Gasteiger partial charge in [-0.15, -0.1) is 0 Å². The Morgan fingerprint density at radius 2 is 1.92 bits per heavy atom. The van der Waals surface area contributed by atoms with Crippen LogP contribution in [0.15, 0.2) is 36.0 Å². The number of hydrogen-bond donors (Lipinski definition) is 3. The van der Waals surface area contributed by atoms with E-state index in [0.717, 1.165) is 4.90 Å². The van der Waals surface area contributed by atoms with Crippen molar-refractivity contribution in [3.05, 3.63) is 41.6 Å². The van der Waals surface area contributed by atoms with Gasteiger partial charge in [0.05, 0.1) is 31.1 Å². The number of aliphatic hydroxyl groups is 2. The molecule has 8 nitrogen and oxygen atoms in total. The van der Waals surface area contributed by atoms with E-state index in [1.807, 2.05) is 0 Å². The lowest BCUT2D eigenvalue weighted by molar-refractivity contribution is -0.127. The molecule has 0 unspecified atom stereocenters. The fourth-order valence-corrected chi connectivity index (χ4v) is 2.01. The van der Waals surface area contributed by atoms with E-state index in [1.54, 1.807) is 37.3 Å². The van der Waals surface area contributed by atoms with Crippen molar-refractivity contribution >= 4 is 17.6 Å². The quantitative estimate of drug-likeness (QED) is 0.337. The number of nitrogens with one attached hydrogen (secondary N) is 1. The van der Waals surface area contributed by atoms with E-state index in [9.17, 15) is 14.9 Å². The number of aliphatic hydroxyl groups excluding tert-OH is 2. The summed E-state index contributed by atoms with van der Waals surface area (Å²) in [4.78, 5) is 25.4. The highest BCUT2D eigenvalue weighted by atomic mass is 16.5. The van der Waals surface area contributed by atoms with Crippen molar-refractivity contribution in [2.75, 3.05) is 38.2 Å². The van der Waals surface area contributed by atoms with E-state index in [0.29, 0.717) is 5.69 Å². The summed E-state index contributed by atoms with van der Waals surface area (Å²) in [5, 5.41) is 29.9. The van der Waals surface area contributed by atoms with Crippen molar-refractivity contribution in [2.24, 2.45) is 0 Å². The van der Waals surface area contributed by atoms with Crippen LogP contribution >= 0.6 is 0 Å². The third-order valence-electron chi connectivity index (χ3n) is 3.17. The van der Waals surface area contributed by atoms with Gasteiger partial charge in [-0.3, -0.25) is 4.79 Å². The molecule has 0 spiro atoms. The highest BCUT2D eigenvalue weighted by Gasteiger charge is 2.18. The van der Waals surface area contributed by atoms with Crippen LogP contribution < -0.4 is 5.32 Å². The number of rotatable bonds is 9. The Kier molecular flexibility index (Phi) is 8.71. The summed E-state index contributed by atoms with van der Waals surface area (Å²) < 4.78 is 4.96. The van der Waals surface area contributed by atoms with E-state index >= 15 is 0 Å². The summed E-state index contributed by atoms with van der Waals surface area (Å²) in [5.41, 5.74) is 0.436. The fourth-order valence-electron chi connectivity index (χ4n) is 2.01. The summed E-state index contributed by atoms with van der Waals surface area (Å²) in [6.07, 6.45) is 1.18. The minimum atomic E-state index is -0.633. The van der Waals surface area contributed by atoms with Gasteiger partial charge in [0, 0.05) is 19.3 Å². The molecule has 0 aliphatic rings. The first-order valence-electron chi connectivity index (χ1n) is 7.72. The number of anilines is 1. The maximum atomic E-state index is 12.3. The highest BCUT2D eigenvalue weighted by Crippen LogP contribution is 2.17. The normalized spacial score (nSPS) is 10.7. The Morgan fingerprint density at radius 3 is 2.48 bits per heavy atom. The molecule has 8 heteroatoms. The van der Waals surface area contributed by atoms with Crippen LogP contribution in [0, 0.1) is 11.3 Å². The molecule has 0 heterocycles. The second-order valence-electron chi connectivity index (χ2n) is 4.82. The molecule has 1 aromatic rings. The van der Waals surface area contributed by atoms with E-state index < -0.39 is 11.9 Å². The van der Waals surface area contributed by atoms with Gasteiger partial charge in [-0.1, -0.05) is 12.1 Å². The van der Waals surface area contributed by atoms with E-state index in [4.69, 9.17) is 14.9 Å². The lowest BCUT2D eigenvalue weighted by atomic mass is 10.1. The smallest absolute Gasteiger partial charge is 0.340 e. The van der Waals surface area contributed by atoms with Gasteiger partial charge in [0.15, 0.2) is 0 Å². The lowest BCUT2D eigenvalue weighted by Crippen LogP contribution is -2.36. The van der Waals surface area contributed by atoms with Gasteiger partial charge in [0.2, 0.25) is 0 Å². The molecular weight excluding hydrogens is 326 g/mol. The van der Waals surface area contributed by atoms with Crippen molar-refractivity contribution in [2.45, 2.75) is 6.92 Å². The summed E-state index contributed by atoms with van der Waals surface area (Å²) in [6, 6.07) is 8.30. The zero-order valence-electron chi connectivity index (χ0n) is 13.9. The van der Waals surface area contributed by atoms with E-state index in [-0.39, 0.29) is 44.0 Å². The van der Waals surface area contributed by atoms with Crippen LogP contribution in [0.5, 0.6) is 0 Å². The number of benzene rings is 1. The van der Waals surface area contributed by atoms with Gasteiger partial charge in [0.1, 0.15) is 11.6 Å². The van der Waals surface area contributed by atoms with Crippen LogP contribution in [0.4, 0.5) is 5.69 Å². The molecule has 0 saturated heterocycles. The predicted molar refractivity (Wildman–Crippen MR) is 90.5 cm³/mol. The molecule has 0 atom stereocenters. The van der Waals surface area contributed by atoms with Crippen molar-refractivity contribution in [3.8, 4) is 6.07 Å². The molecule has 1 rings (SSSR count). The maximum absolute atomic E-state index is 12.3. The molecule has 0 bridgehead atoms. The van der Waals surface area contributed by atoms with Gasteiger partial charge >= 0.3 is 5.97 Å². The zero-order chi connectivity index (χ0) is 18.7. The first-order chi connectivity index (χ1) is 12.1. The van der Waals surface area contributed by atoms with Crippen LogP contribution in [0.3, 0.4) is 0 Å². The van der Waals surface area contributed by atoms with Crippen molar-refractivity contribution in [3.63, 3.8) is 0 Å². The molecule has 0 aliphatic carbocycles. The van der Waals surface area contributed by atoms with Gasteiger partial charge in [-0.2, -0.15) is 5.26 Å². The minimum Gasteiger partial charge on any atom is -0.462 e. The summed E-state index contributed by atoms with van der Waals surface area (Å²) in [5.74, 6) is -1.15. The van der Waals surface area contributed by atoms with Crippen LogP contribution in [0.2, 0.25) is 0 Å². The monoisotopic (exact) mass is 347 g/mol. The Hall–Kier alpha value is -2.89. The molecule has 3 N–H and O–H groups in total. The van der Waals surface area contributed by atoms with Crippen LogP contribution in [0.1, 0.15) is 17.3 Å². The number of esters is 1. The summed E-state index contributed by atoms with van der Waals surface area (Å²) in [7, 11) is 0. The molecule has 0 fully saturated rings. The second kappa shape index (κ2) is 10.8. The van der Waals surface area contributed by atoms with Crippen molar-refractivity contribution in [1.29, 1.82) is 5.26 Å².